The number of likely N-dealkylation sites (tertiary alicyclic amines) is 1. The number of aliphatic hydroxyl groups is 1. The first-order valence-electron chi connectivity index (χ1n) is 9.49. The smallest absolute Gasteiger partial charge is 0.292 e. The first kappa shape index (κ1) is 18.3. The van der Waals surface area contributed by atoms with Crippen molar-refractivity contribution in [3.63, 3.8) is 0 Å². The zero-order valence-electron chi connectivity index (χ0n) is 15.7. The molecule has 0 bridgehead atoms. The molecule has 0 atom stereocenters. The molecule has 7 heteroatoms. The predicted molar refractivity (Wildman–Crippen MR) is 97.3 cm³/mol. The molecule has 1 aliphatic carbocycles. The average molecular weight is 377 g/mol. The highest BCUT2D eigenvalue weighted by molar-refractivity contribution is 5.80. The number of aryl methyl sites for hydroxylation is 1. The van der Waals surface area contributed by atoms with E-state index in [2.05, 4.69) is 4.98 Å². The van der Waals surface area contributed by atoms with Gasteiger partial charge in [0.1, 0.15) is 11.3 Å². The molecule has 2 aromatic heterocycles. The Balaban J connectivity index is 1.43. The first-order chi connectivity index (χ1) is 12.7. The quantitative estimate of drug-likeness (QED) is 0.894. The molecule has 1 saturated carbocycles. The van der Waals surface area contributed by atoms with Crippen molar-refractivity contribution in [2.24, 2.45) is 18.9 Å². The summed E-state index contributed by atoms with van der Waals surface area (Å²) >= 11 is 0. The van der Waals surface area contributed by atoms with Gasteiger partial charge in [-0.25, -0.2) is 4.98 Å². The Bertz CT molecular complexity index is 861. The van der Waals surface area contributed by atoms with Crippen LogP contribution in [0, 0.1) is 11.8 Å². The summed E-state index contributed by atoms with van der Waals surface area (Å²) in [5.41, 5.74) is -0.402. The predicted octanol–water partition coefficient (Wildman–Crippen LogP) is 3.06. The van der Waals surface area contributed by atoms with E-state index in [1.807, 2.05) is 12.3 Å². The van der Waals surface area contributed by atoms with Crippen molar-refractivity contribution >= 4 is 16.9 Å². The number of carbonyl (C=O) groups excluding carboxylic acids is 1. The van der Waals surface area contributed by atoms with Gasteiger partial charge in [0.25, 0.3) is 5.92 Å². The normalized spacial score (nSPS) is 27.0. The van der Waals surface area contributed by atoms with Gasteiger partial charge >= 0.3 is 0 Å². The molecule has 2 fully saturated rings. The number of fused-ring (bicyclic) bond motifs is 1. The van der Waals surface area contributed by atoms with Crippen molar-refractivity contribution in [3.05, 3.63) is 30.1 Å². The number of pyridine rings is 1. The topological polar surface area (TPSA) is 58.4 Å². The molecular formula is C20H25F2N3O2. The molecule has 3 heterocycles. The highest BCUT2D eigenvalue weighted by atomic mass is 19.3. The van der Waals surface area contributed by atoms with Gasteiger partial charge in [0.15, 0.2) is 0 Å². The maximum Gasteiger partial charge on any atom is 0.292 e. The summed E-state index contributed by atoms with van der Waals surface area (Å²) in [4.78, 5) is 18.3. The number of hydrogen-bond donors (Lipinski definition) is 1. The third-order valence-corrected chi connectivity index (χ3v) is 6.10. The van der Waals surface area contributed by atoms with Crippen molar-refractivity contribution in [1.29, 1.82) is 0 Å². The summed E-state index contributed by atoms with van der Waals surface area (Å²) in [5, 5.41) is 10.6. The number of nitrogens with zero attached hydrogens (tertiary/aromatic N) is 3. The van der Waals surface area contributed by atoms with Gasteiger partial charge in [-0.15, -0.1) is 0 Å². The summed E-state index contributed by atoms with van der Waals surface area (Å²) in [6, 6.07) is 4.95. The second-order valence-electron chi connectivity index (χ2n) is 8.36. The minimum Gasteiger partial charge on any atom is -0.390 e. The fourth-order valence-corrected chi connectivity index (χ4v) is 4.43. The van der Waals surface area contributed by atoms with Crippen LogP contribution in [-0.4, -0.2) is 44.2 Å². The Morgan fingerprint density at radius 2 is 1.93 bits per heavy atom. The third-order valence-electron chi connectivity index (χ3n) is 6.10. The van der Waals surface area contributed by atoms with E-state index in [-0.39, 0.29) is 30.4 Å². The highest BCUT2D eigenvalue weighted by Crippen LogP contribution is 2.43. The maximum atomic E-state index is 15.1. The van der Waals surface area contributed by atoms with Gasteiger partial charge < -0.3 is 14.6 Å². The molecular weight excluding hydrogens is 352 g/mol. The number of rotatable bonds is 3. The number of hydrogen-bond acceptors (Lipinski definition) is 3. The molecule has 2 aromatic rings. The van der Waals surface area contributed by atoms with Crippen molar-refractivity contribution in [3.8, 4) is 0 Å². The largest absolute Gasteiger partial charge is 0.390 e. The standard InChI is InChI=1S/C20H25F2N3O2/c1-19(27)11-14(12-19)18(26)25-9-6-15(7-10-25)20(21,22)16-4-3-13-5-8-24(2)17(13)23-16/h3-5,8,14-15,27H,6-7,9-12H2,1-2H3. The number of carbonyl (C=O) groups is 1. The Morgan fingerprint density at radius 3 is 2.56 bits per heavy atom. The van der Waals surface area contributed by atoms with Crippen LogP contribution in [0.15, 0.2) is 24.4 Å². The van der Waals surface area contributed by atoms with Crippen molar-refractivity contribution in [1.82, 2.24) is 14.5 Å². The minimum atomic E-state index is -3.02. The van der Waals surface area contributed by atoms with Crippen LogP contribution in [0.4, 0.5) is 8.78 Å². The van der Waals surface area contributed by atoms with Gasteiger partial charge in [0.2, 0.25) is 5.91 Å². The zero-order chi connectivity index (χ0) is 19.4. The van der Waals surface area contributed by atoms with Crippen molar-refractivity contribution < 1.29 is 18.7 Å². The third kappa shape index (κ3) is 3.22. The number of piperidine rings is 1. The molecule has 1 N–H and O–H groups in total. The molecule has 5 nitrogen and oxygen atoms in total. The lowest BCUT2D eigenvalue weighted by atomic mass is 9.71. The minimum absolute atomic E-state index is 0.00773. The number of amides is 1. The fourth-order valence-electron chi connectivity index (χ4n) is 4.43. The van der Waals surface area contributed by atoms with Crippen LogP contribution in [0.5, 0.6) is 0 Å². The van der Waals surface area contributed by atoms with E-state index >= 15 is 8.78 Å². The molecule has 0 unspecified atom stereocenters. The Kier molecular flexibility index (Phi) is 4.25. The van der Waals surface area contributed by atoms with Gasteiger partial charge in [0, 0.05) is 43.6 Å². The van der Waals surface area contributed by atoms with Crippen LogP contribution in [0.2, 0.25) is 0 Å². The van der Waals surface area contributed by atoms with Crippen LogP contribution >= 0.6 is 0 Å². The van der Waals surface area contributed by atoms with E-state index in [1.165, 1.54) is 6.07 Å². The second kappa shape index (κ2) is 6.26. The molecule has 27 heavy (non-hydrogen) atoms. The van der Waals surface area contributed by atoms with Crippen molar-refractivity contribution in [2.45, 2.75) is 44.1 Å². The van der Waals surface area contributed by atoms with Gasteiger partial charge in [-0.2, -0.15) is 8.78 Å². The van der Waals surface area contributed by atoms with Crippen molar-refractivity contribution in [2.75, 3.05) is 13.1 Å². The van der Waals surface area contributed by atoms with Gasteiger partial charge in [-0.05, 0) is 50.8 Å². The van der Waals surface area contributed by atoms with E-state index in [0.717, 1.165) is 5.39 Å². The lowest BCUT2D eigenvalue weighted by molar-refractivity contribution is -0.154. The van der Waals surface area contributed by atoms with Crippen LogP contribution in [0.1, 0.15) is 38.3 Å². The van der Waals surface area contributed by atoms with E-state index in [1.54, 1.807) is 29.5 Å². The average Bonchev–Trinajstić information content (AvgIpc) is 2.99. The summed E-state index contributed by atoms with van der Waals surface area (Å²) in [7, 11) is 1.79. The molecule has 1 saturated heterocycles. The van der Waals surface area contributed by atoms with Gasteiger partial charge in [-0.1, -0.05) is 0 Å². The van der Waals surface area contributed by atoms with Crippen LogP contribution in [0.25, 0.3) is 11.0 Å². The highest BCUT2D eigenvalue weighted by Gasteiger charge is 2.47. The molecule has 4 rings (SSSR count). The number of alkyl halides is 2. The zero-order valence-corrected chi connectivity index (χ0v) is 15.7. The van der Waals surface area contributed by atoms with E-state index in [0.29, 0.717) is 31.6 Å². The molecule has 0 radical (unpaired) electrons. The second-order valence-corrected chi connectivity index (χ2v) is 8.36. The maximum absolute atomic E-state index is 15.1. The summed E-state index contributed by atoms with van der Waals surface area (Å²) in [6.07, 6.45) is 3.25. The Morgan fingerprint density at radius 1 is 1.26 bits per heavy atom. The molecule has 0 aromatic carbocycles. The summed E-state index contributed by atoms with van der Waals surface area (Å²) in [6.45, 7) is 2.40. The molecule has 0 spiro atoms. The fraction of sp³-hybridized carbons (Fsp3) is 0.600. The van der Waals surface area contributed by atoms with Gasteiger partial charge in [0.05, 0.1) is 5.60 Å². The summed E-state index contributed by atoms with van der Waals surface area (Å²) < 4.78 is 31.9. The van der Waals surface area contributed by atoms with Crippen LogP contribution in [-0.2, 0) is 17.8 Å². The van der Waals surface area contributed by atoms with E-state index in [4.69, 9.17) is 0 Å². The number of aromatic nitrogens is 2. The monoisotopic (exact) mass is 377 g/mol. The molecule has 1 amide bonds. The Labute approximate surface area is 157 Å². The SMILES string of the molecule is Cn1ccc2ccc(C(F)(F)C3CCN(C(=O)C4CC(C)(O)C4)CC3)nc21. The number of halogens is 2. The van der Waals surface area contributed by atoms with E-state index < -0.39 is 17.4 Å². The van der Waals surface area contributed by atoms with E-state index in [9.17, 15) is 9.90 Å². The summed E-state index contributed by atoms with van der Waals surface area (Å²) in [5.74, 6) is -4.02. The van der Waals surface area contributed by atoms with Gasteiger partial charge in [-0.3, -0.25) is 4.79 Å². The molecule has 2 aliphatic rings. The van der Waals surface area contributed by atoms with Crippen LogP contribution < -0.4 is 0 Å². The molecule has 1 aliphatic heterocycles. The lowest BCUT2D eigenvalue weighted by Crippen LogP contribution is -2.51. The van der Waals surface area contributed by atoms with Crippen LogP contribution in [0.3, 0.4) is 0 Å². The first-order valence-corrected chi connectivity index (χ1v) is 9.49. The Hall–Kier alpha value is -2.02. The lowest BCUT2D eigenvalue weighted by Gasteiger charge is -2.44. The molecule has 146 valence electrons.